The number of carbonyl (C=O) groups excluding carboxylic acids is 2. The fourth-order valence-corrected chi connectivity index (χ4v) is 4.47. The fraction of sp³-hybridized carbons (Fsp3) is 0.852. The molecule has 1 aliphatic heterocycles. The third-order valence-corrected chi connectivity index (χ3v) is 6.51. The third-order valence-electron chi connectivity index (χ3n) is 6.51. The van der Waals surface area contributed by atoms with Gasteiger partial charge in [-0.1, -0.05) is 64.7 Å². The van der Waals surface area contributed by atoms with Crippen molar-refractivity contribution in [3.63, 3.8) is 0 Å². The number of unbranched alkanes of at least 4 members (excludes halogenated alkanes) is 9. The smallest absolute Gasteiger partial charge is 0.407 e. The van der Waals surface area contributed by atoms with Crippen LogP contribution in [0.3, 0.4) is 0 Å². The number of rotatable bonds is 19. The van der Waals surface area contributed by atoms with Crippen molar-refractivity contribution in [2.24, 2.45) is 0 Å². The maximum atomic E-state index is 12.4. The van der Waals surface area contributed by atoms with Crippen LogP contribution in [0.4, 0.5) is 4.79 Å². The van der Waals surface area contributed by atoms with E-state index in [2.05, 4.69) is 38.0 Å². The molecule has 6 nitrogen and oxygen atoms in total. The predicted octanol–water partition coefficient (Wildman–Crippen LogP) is 6.24. The van der Waals surface area contributed by atoms with Crippen LogP contribution in [0.15, 0.2) is 0 Å². The van der Waals surface area contributed by atoms with Gasteiger partial charge in [0.1, 0.15) is 12.2 Å². The highest BCUT2D eigenvalue weighted by atomic mass is 16.6. The standard InChI is InChI=1S/C27H50N2O4/c1-5-6-7-8-9-10-11-12-13-14-18-25(19-15-20-26(30)32-23(2)3)33-27(31)28-22-24-17-16-21-29(24)4/h23-25H,2-3,5-22H2,1,4H3,(H,28,31). The van der Waals surface area contributed by atoms with Crippen molar-refractivity contribution in [2.45, 2.75) is 128 Å². The monoisotopic (exact) mass is 466 g/mol. The minimum absolute atomic E-state index is 0.163. The highest BCUT2D eigenvalue weighted by molar-refractivity contribution is 5.69. The number of nitrogens with one attached hydrogen (secondary N) is 1. The largest absolute Gasteiger partial charge is 0.462 e. The summed E-state index contributed by atoms with van der Waals surface area (Å²) in [6.07, 6.45) is 16.4. The summed E-state index contributed by atoms with van der Waals surface area (Å²) in [5.74, 6) is -0.295. The van der Waals surface area contributed by atoms with Gasteiger partial charge in [0.25, 0.3) is 0 Å². The van der Waals surface area contributed by atoms with Gasteiger partial charge in [0.2, 0.25) is 0 Å². The topological polar surface area (TPSA) is 67.9 Å². The van der Waals surface area contributed by atoms with E-state index in [4.69, 9.17) is 9.47 Å². The van der Waals surface area contributed by atoms with Crippen molar-refractivity contribution >= 4 is 12.1 Å². The van der Waals surface area contributed by atoms with Gasteiger partial charge in [0.15, 0.2) is 0 Å². The lowest BCUT2D eigenvalue weighted by atomic mass is 10.0. The number of hydrogen-bond acceptors (Lipinski definition) is 5. The third kappa shape index (κ3) is 16.0. The van der Waals surface area contributed by atoms with Crippen LogP contribution >= 0.6 is 0 Å². The first-order valence-electron chi connectivity index (χ1n) is 13.4. The lowest BCUT2D eigenvalue weighted by Gasteiger charge is -2.22. The normalized spacial score (nSPS) is 17.3. The lowest BCUT2D eigenvalue weighted by molar-refractivity contribution is -0.145. The minimum Gasteiger partial charge on any atom is -0.462 e. The Labute approximate surface area is 203 Å². The molecule has 1 heterocycles. The van der Waals surface area contributed by atoms with E-state index in [0.717, 1.165) is 32.2 Å². The molecule has 0 aromatic rings. The molecule has 0 saturated carbocycles. The minimum atomic E-state index is -0.587. The fourth-order valence-electron chi connectivity index (χ4n) is 4.47. The summed E-state index contributed by atoms with van der Waals surface area (Å²) >= 11 is 0. The first kappa shape index (κ1) is 29.7. The number of nitrogens with zero attached hydrogens (tertiary/aromatic N) is 1. The van der Waals surface area contributed by atoms with Crippen molar-refractivity contribution in [2.75, 3.05) is 20.1 Å². The number of likely N-dealkylation sites (tertiary alicyclic amines) is 1. The van der Waals surface area contributed by atoms with Gasteiger partial charge in [-0.3, -0.25) is 4.79 Å². The molecule has 2 atom stereocenters. The molecule has 0 bridgehead atoms. The summed E-state index contributed by atoms with van der Waals surface area (Å²) in [5, 5.41) is 2.94. The summed E-state index contributed by atoms with van der Waals surface area (Å²) in [5.41, 5.74) is 0. The molecule has 1 N–H and O–H groups in total. The van der Waals surface area contributed by atoms with Crippen molar-refractivity contribution in [3.8, 4) is 0 Å². The van der Waals surface area contributed by atoms with E-state index in [0.29, 0.717) is 31.8 Å². The van der Waals surface area contributed by atoms with E-state index >= 15 is 0 Å². The number of esters is 1. The van der Waals surface area contributed by atoms with Crippen LogP contribution in [-0.4, -0.2) is 55.3 Å². The van der Waals surface area contributed by atoms with Crippen LogP contribution in [0.25, 0.3) is 0 Å². The Hall–Kier alpha value is -1.30. The zero-order valence-electron chi connectivity index (χ0n) is 21.5. The van der Waals surface area contributed by atoms with E-state index in [9.17, 15) is 9.59 Å². The van der Waals surface area contributed by atoms with E-state index in [1.165, 1.54) is 57.8 Å². The van der Waals surface area contributed by atoms with Gasteiger partial charge in [-0.25, -0.2) is 4.79 Å². The molecule has 33 heavy (non-hydrogen) atoms. The van der Waals surface area contributed by atoms with Gasteiger partial charge in [-0.2, -0.15) is 0 Å². The van der Waals surface area contributed by atoms with Crippen molar-refractivity contribution in [3.05, 3.63) is 13.8 Å². The average Bonchev–Trinajstić information content (AvgIpc) is 3.17. The van der Waals surface area contributed by atoms with Crippen LogP contribution in [0.1, 0.15) is 110 Å². The Morgan fingerprint density at radius 1 is 0.939 bits per heavy atom. The molecule has 192 valence electrons. The Morgan fingerprint density at radius 3 is 2.12 bits per heavy atom. The lowest BCUT2D eigenvalue weighted by Crippen LogP contribution is -2.39. The molecule has 1 fully saturated rings. The van der Waals surface area contributed by atoms with Gasteiger partial charge >= 0.3 is 12.1 Å². The molecular weight excluding hydrogens is 416 g/mol. The van der Waals surface area contributed by atoms with Crippen LogP contribution < -0.4 is 5.32 Å². The molecule has 0 aliphatic carbocycles. The summed E-state index contributed by atoms with van der Waals surface area (Å²) in [6, 6.07) is 0.394. The summed E-state index contributed by atoms with van der Waals surface area (Å²) < 4.78 is 10.7. The molecule has 2 unspecified atom stereocenters. The Morgan fingerprint density at radius 2 is 1.55 bits per heavy atom. The molecule has 1 aliphatic rings. The maximum absolute atomic E-state index is 12.4. The van der Waals surface area contributed by atoms with Crippen LogP contribution in [0, 0.1) is 13.8 Å². The quantitative estimate of drug-likeness (QED) is 0.180. The zero-order chi connectivity index (χ0) is 24.3. The van der Waals surface area contributed by atoms with Crippen molar-refractivity contribution < 1.29 is 19.1 Å². The molecule has 1 amide bonds. The molecule has 0 spiro atoms. The molecular formula is C27H50N2O4. The molecule has 1 rings (SSSR count). The molecule has 0 aromatic carbocycles. The van der Waals surface area contributed by atoms with E-state index in [1.807, 2.05) is 0 Å². The number of hydrogen-bond donors (Lipinski definition) is 1. The van der Waals surface area contributed by atoms with E-state index in [-0.39, 0.29) is 18.2 Å². The first-order chi connectivity index (χ1) is 15.9. The Kier molecular flexibility index (Phi) is 17.2. The molecule has 1 saturated heterocycles. The summed E-state index contributed by atoms with van der Waals surface area (Å²) in [6.45, 7) is 11.1. The zero-order valence-corrected chi connectivity index (χ0v) is 21.5. The summed E-state index contributed by atoms with van der Waals surface area (Å²) in [4.78, 5) is 26.4. The van der Waals surface area contributed by atoms with Gasteiger partial charge in [-0.05, 0) is 66.0 Å². The highest BCUT2D eigenvalue weighted by Gasteiger charge is 2.22. The second kappa shape index (κ2) is 19.1. The highest BCUT2D eigenvalue weighted by Crippen LogP contribution is 2.17. The van der Waals surface area contributed by atoms with Gasteiger partial charge in [-0.15, -0.1) is 0 Å². The Balaban J connectivity index is 2.28. The molecule has 6 heteroatoms. The van der Waals surface area contributed by atoms with Gasteiger partial charge in [0.05, 0.1) is 0 Å². The first-order valence-corrected chi connectivity index (χ1v) is 13.4. The second-order valence-electron chi connectivity index (χ2n) is 9.66. The second-order valence-corrected chi connectivity index (χ2v) is 9.66. The number of carbonyl (C=O) groups is 2. The maximum Gasteiger partial charge on any atom is 0.407 e. The van der Waals surface area contributed by atoms with E-state index in [1.54, 1.807) is 0 Å². The SMILES string of the molecule is [CH2]C([CH2])OC(=O)CCCC(CCCCCCCCCCCC)OC(=O)NCC1CCCN1C. The number of ether oxygens (including phenoxy) is 2. The number of amides is 1. The van der Waals surface area contributed by atoms with Gasteiger partial charge in [0, 0.05) is 19.0 Å². The van der Waals surface area contributed by atoms with Crippen molar-refractivity contribution in [1.29, 1.82) is 0 Å². The molecule has 0 aromatic heterocycles. The summed E-state index contributed by atoms with van der Waals surface area (Å²) in [7, 11) is 2.10. The molecule has 2 radical (unpaired) electrons. The number of alkyl carbamates (subject to hydrolysis) is 1. The average molecular weight is 467 g/mol. The van der Waals surface area contributed by atoms with Crippen LogP contribution in [0.5, 0.6) is 0 Å². The number of likely N-dealkylation sites (N-methyl/N-ethyl adjacent to an activating group) is 1. The van der Waals surface area contributed by atoms with Crippen molar-refractivity contribution in [1.82, 2.24) is 10.2 Å². The van der Waals surface area contributed by atoms with Crippen LogP contribution in [-0.2, 0) is 14.3 Å². The van der Waals surface area contributed by atoms with E-state index < -0.39 is 6.10 Å². The predicted molar refractivity (Wildman–Crippen MR) is 135 cm³/mol. The van der Waals surface area contributed by atoms with Gasteiger partial charge < -0.3 is 19.7 Å². The Bertz CT molecular complexity index is 512. The van der Waals surface area contributed by atoms with Crippen LogP contribution in [0.2, 0.25) is 0 Å².